The van der Waals surface area contributed by atoms with Crippen LogP contribution in [0.3, 0.4) is 0 Å². The topological polar surface area (TPSA) is 96.1 Å². The number of rotatable bonds is 6. The summed E-state index contributed by atoms with van der Waals surface area (Å²) in [5.41, 5.74) is 7.78. The molecule has 1 spiro atoms. The number of carbonyl (C=O) groups excluding carboxylic acids is 1. The fourth-order valence-corrected chi connectivity index (χ4v) is 4.46. The first-order chi connectivity index (χ1) is 15.1. The molecule has 3 heterocycles. The van der Waals surface area contributed by atoms with Crippen molar-refractivity contribution in [3.63, 3.8) is 0 Å². The third kappa shape index (κ3) is 4.05. The molecule has 0 radical (unpaired) electrons. The van der Waals surface area contributed by atoms with Crippen molar-refractivity contribution in [3.8, 4) is 17.2 Å². The van der Waals surface area contributed by atoms with Gasteiger partial charge in [0.2, 0.25) is 0 Å². The predicted molar refractivity (Wildman–Crippen MR) is 115 cm³/mol. The Balaban J connectivity index is 1.54. The van der Waals surface area contributed by atoms with E-state index in [0.29, 0.717) is 62.9 Å². The summed E-state index contributed by atoms with van der Waals surface area (Å²) in [5, 5.41) is 0. The van der Waals surface area contributed by atoms with Crippen molar-refractivity contribution >= 4 is 5.91 Å². The Morgan fingerprint density at radius 2 is 1.94 bits per heavy atom. The van der Waals surface area contributed by atoms with Gasteiger partial charge in [-0.3, -0.25) is 4.79 Å². The number of nitrogens with zero attached hydrogens (tertiary/aromatic N) is 2. The summed E-state index contributed by atoms with van der Waals surface area (Å²) in [6.45, 7) is 2.50. The highest BCUT2D eigenvalue weighted by atomic mass is 16.5. The van der Waals surface area contributed by atoms with Crippen LogP contribution >= 0.6 is 0 Å². The minimum atomic E-state index is -0.424. The second kappa shape index (κ2) is 9.11. The molecule has 0 unspecified atom stereocenters. The Morgan fingerprint density at radius 3 is 2.65 bits per heavy atom. The van der Waals surface area contributed by atoms with Crippen molar-refractivity contribution in [2.24, 2.45) is 5.73 Å². The molecule has 2 aromatic rings. The Bertz CT molecular complexity index is 941. The van der Waals surface area contributed by atoms with Gasteiger partial charge in [0.15, 0.2) is 22.9 Å². The molecule has 8 nitrogen and oxygen atoms in total. The SMILES string of the molecule is COc1cc2c(cc1OC)C1(CCN(C(=O)c3ncccc3OCCN)CC1)OCC2. The molecule has 8 heteroatoms. The molecule has 0 aliphatic carbocycles. The summed E-state index contributed by atoms with van der Waals surface area (Å²) in [6.07, 6.45) is 3.84. The summed E-state index contributed by atoms with van der Waals surface area (Å²) in [7, 11) is 3.28. The predicted octanol–water partition coefficient (Wildman–Crippen LogP) is 2.14. The zero-order chi connectivity index (χ0) is 21.8. The highest BCUT2D eigenvalue weighted by Crippen LogP contribution is 2.45. The first-order valence-corrected chi connectivity index (χ1v) is 10.6. The summed E-state index contributed by atoms with van der Waals surface area (Å²) in [6, 6.07) is 7.58. The second-order valence-corrected chi connectivity index (χ2v) is 7.74. The quantitative estimate of drug-likeness (QED) is 0.754. The van der Waals surface area contributed by atoms with Crippen LogP contribution in [0.5, 0.6) is 17.2 Å². The number of hydrogen-bond donors (Lipinski definition) is 1. The number of fused-ring (bicyclic) bond motifs is 2. The van der Waals surface area contributed by atoms with Crippen molar-refractivity contribution in [2.45, 2.75) is 24.9 Å². The van der Waals surface area contributed by atoms with E-state index in [9.17, 15) is 4.79 Å². The van der Waals surface area contributed by atoms with Gasteiger partial charge in [0, 0.05) is 25.8 Å². The number of amides is 1. The second-order valence-electron chi connectivity index (χ2n) is 7.74. The molecule has 1 aromatic heterocycles. The maximum Gasteiger partial charge on any atom is 0.276 e. The smallest absolute Gasteiger partial charge is 0.276 e. The molecule has 1 fully saturated rings. The van der Waals surface area contributed by atoms with Gasteiger partial charge in [0.1, 0.15) is 6.61 Å². The van der Waals surface area contributed by atoms with Crippen LogP contribution < -0.4 is 19.9 Å². The van der Waals surface area contributed by atoms with Gasteiger partial charge in [-0.15, -0.1) is 0 Å². The van der Waals surface area contributed by atoms with Crippen LogP contribution in [0, 0.1) is 0 Å². The zero-order valence-corrected chi connectivity index (χ0v) is 18.1. The van der Waals surface area contributed by atoms with Gasteiger partial charge >= 0.3 is 0 Å². The van der Waals surface area contributed by atoms with Crippen molar-refractivity contribution in [2.75, 3.05) is 47.1 Å². The number of benzene rings is 1. The number of aromatic nitrogens is 1. The average Bonchev–Trinajstić information content (AvgIpc) is 2.82. The molecule has 1 aromatic carbocycles. The van der Waals surface area contributed by atoms with E-state index in [0.717, 1.165) is 17.7 Å². The molecule has 1 saturated heterocycles. The summed E-state index contributed by atoms with van der Waals surface area (Å²) < 4.78 is 22.9. The van der Waals surface area contributed by atoms with E-state index in [1.807, 2.05) is 17.0 Å². The molecule has 2 aliphatic rings. The lowest BCUT2D eigenvalue weighted by Gasteiger charge is -2.45. The largest absolute Gasteiger partial charge is 0.493 e. The van der Waals surface area contributed by atoms with E-state index in [-0.39, 0.29) is 5.91 Å². The minimum Gasteiger partial charge on any atom is -0.493 e. The summed E-state index contributed by atoms with van der Waals surface area (Å²) >= 11 is 0. The summed E-state index contributed by atoms with van der Waals surface area (Å²) in [5.74, 6) is 1.76. The molecular weight excluding hydrogens is 398 g/mol. The lowest BCUT2D eigenvalue weighted by atomic mass is 9.79. The van der Waals surface area contributed by atoms with Crippen LogP contribution in [0.4, 0.5) is 0 Å². The highest BCUT2D eigenvalue weighted by molar-refractivity contribution is 5.95. The van der Waals surface area contributed by atoms with E-state index in [2.05, 4.69) is 4.98 Å². The molecule has 31 heavy (non-hydrogen) atoms. The van der Waals surface area contributed by atoms with Crippen molar-refractivity contribution in [1.29, 1.82) is 0 Å². The van der Waals surface area contributed by atoms with E-state index in [4.69, 9.17) is 24.7 Å². The highest BCUT2D eigenvalue weighted by Gasteiger charge is 2.42. The van der Waals surface area contributed by atoms with E-state index in [1.54, 1.807) is 32.5 Å². The Kier molecular flexibility index (Phi) is 6.29. The van der Waals surface area contributed by atoms with Crippen molar-refractivity contribution in [1.82, 2.24) is 9.88 Å². The van der Waals surface area contributed by atoms with Crippen LogP contribution in [0.15, 0.2) is 30.5 Å². The monoisotopic (exact) mass is 427 g/mol. The van der Waals surface area contributed by atoms with E-state index < -0.39 is 5.60 Å². The van der Waals surface area contributed by atoms with Crippen LogP contribution in [-0.4, -0.2) is 62.9 Å². The molecular formula is C23H29N3O5. The third-order valence-corrected chi connectivity index (χ3v) is 6.06. The molecule has 1 amide bonds. The lowest BCUT2D eigenvalue weighted by Crippen LogP contribution is -2.48. The number of piperidine rings is 1. The summed E-state index contributed by atoms with van der Waals surface area (Å²) in [4.78, 5) is 19.2. The number of nitrogens with two attached hydrogens (primary N) is 1. The maximum atomic E-state index is 13.2. The van der Waals surface area contributed by atoms with E-state index >= 15 is 0 Å². The Morgan fingerprint density at radius 1 is 1.19 bits per heavy atom. The van der Waals surface area contributed by atoms with Crippen LogP contribution in [0.1, 0.15) is 34.5 Å². The van der Waals surface area contributed by atoms with Gasteiger partial charge in [-0.05, 0) is 54.7 Å². The Labute approximate surface area is 182 Å². The average molecular weight is 428 g/mol. The van der Waals surface area contributed by atoms with Gasteiger partial charge in [-0.2, -0.15) is 0 Å². The fourth-order valence-electron chi connectivity index (χ4n) is 4.46. The first kappa shape index (κ1) is 21.4. The van der Waals surface area contributed by atoms with Gasteiger partial charge in [-0.1, -0.05) is 0 Å². The van der Waals surface area contributed by atoms with Crippen LogP contribution in [0.2, 0.25) is 0 Å². The van der Waals surface area contributed by atoms with Gasteiger partial charge in [0.25, 0.3) is 5.91 Å². The van der Waals surface area contributed by atoms with Crippen LogP contribution in [-0.2, 0) is 16.8 Å². The molecule has 0 saturated carbocycles. The molecule has 2 N–H and O–H groups in total. The zero-order valence-electron chi connectivity index (χ0n) is 18.1. The maximum absolute atomic E-state index is 13.2. The number of likely N-dealkylation sites (tertiary alicyclic amines) is 1. The molecule has 4 rings (SSSR count). The fraction of sp³-hybridized carbons (Fsp3) is 0.478. The molecule has 0 atom stereocenters. The number of methoxy groups -OCH3 is 2. The van der Waals surface area contributed by atoms with Gasteiger partial charge in [0.05, 0.1) is 26.4 Å². The standard InChI is InChI=1S/C23H29N3O5/c1-28-19-14-16-5-12-31-23(17(16)15-20(19)29-2)6-10-26(11-7-23)22(27)21-18(30-13-8-24)4-3-9-25-21/h3-4,9,14-15H,5-8,10-13,24H2,1-2H3. The number of pyridine rings is 1. The normalized spacial score (nSPS) is 17.2. The van der Waals surface area contributed by atoms with Gasteiger partial charge < -0.3 is 29.6 Å². The Hall–Kier alpha value is -2.84. The third-order valence-electron chi connectivity index (χ3n) is 6.06. The lowest BCUT2D eigenvalue weighted by molar-refractivity contribution is -0.0937. The number of ether oxygens (including phenoxy) is 4. The minimum absolute atomic E-state index is 0.134. The number of carbonyl (C=O) groups is 1. The first-order valence-electron chi connectivity index (χ1n) is 10.6. The van der Waals surface area contributed by atoms with Crippen LogP contribution in [0.25, 0.3) is 0 Å². The molecule has 0 bridgehead atoms. The van der Waals surface area contributed by atoms with E-state index in [1.165, 1.54) is 5.56 Å². The molecule has 166 valence electrons. The number of hydrogen-bond acceptors (Lipinski definition) is 7. The van der Waals surface area contributed by atoms with Crippen molar-refractivity contribution < 1.29 is 23.7 Å². The molecule has 2 aliphatic heterocycles. The van der Waals surface area contributed by atoms with Crippen molar-refractivity contribution in [3.05, 3.63) is 47.3 Å². The van der Waals surface area contributed by atoms with Gasteiger partial charge in [-0.25, -0.2) is 4.98 Å².